The van der Waals surface area contributed by atoms with Gasteiger partial charge in [0.05, 0.1) is 11.0 Å². The molecule has 3 heterocycles. The number of hydrogen-bond donors (Lipinski definition) is 0. The molecule has 0 saturated heterocycles. The molecular formula is C15H10N3O3S2-. The summed E-state index contributed by atoms with van der Waals surface area (Å²) in [5.41, 5.74) is 1.95. The lowest BCUT2D eigenvalue weighted by Crippen LogP contribution is -1.96. The van der Waals surface area contributed by atoms with Gasteiger partial charge in [0, 0.05) is 34.7 Å². The minimum Gasteiger partial charge on any atom is -0.740 e. The molecule has 0 fully saturated rings. The van der Waals surface area contributed by atoms with Gasteiger partial charge < -0.3 is 8.74 Å². The van der Waals surface area contributed by atoms with Crippen molar-refractivity contribution in [3.05, 3.63) is 60.4 Å². The fourth-order valence-electron chi connectivity index (χ4n) is 1.99. The number of thiazole rings is 1. The average Bonchev–Trinajstić information content (AvgIpc) is 3.07. The van der Waals surface area contributed by atoms with E-state index in [2.05, 4.69) is 43.4 Å². The second kappa shape index (κ2) is 7.23. The molecule has 0 N–H and O–H groups in total. The first kappa shape index (κ1) is 15.5. The number of fused-ring (bicyclic) bond motifs is 3. The van der Waals surface area contributed by atoms with Crippen LogP contribution < -0.4 is 4.18 Å². The number of hydrogen-bond acceptors (Lipinski definition) is 7. The van der Waals surface area contributed by atoms with Gasteiger partial charge in [0.1, 0.15) is 11.4 Å². The predicted molar refractivity (Wildman–Crippen MR) is 88.7 cm³/mol. The maximum absolute atomic E-state index is 9.81. The van der Waals surface area contributed by atoms with Crippen LogP contribution in [0, 0.1) is 0 Å². The van der Waals surface area contributed by atoms with Crippen molar-refractivity contribution in [3.63, 3.8) is 0 Å². The number of rotatable bonds is 2. The Morgan fingerprint density at radius 2 is 1.52 bits per heavy atom. The molecule has 1 aromatic carbocycles. The molecule has 1 atom stereocenters. The Morgan fingerprint density at radius 3 is 2.00 bits per heavy atom. The van der Waals surface area contributed by atoms with Gasteiger partial charge in [0.15, 0.2) is 0 Å². The normalized spacial score (nSPS) is 11.7. The Balaban J connectivity index is 0.000000151. The highest BCUT2D eigenvalue weighted by Gasteiger charge is 2.00. The fourth-order valence-corrected chi connectivity index (χ4v) is 2.83. The van der Waals surface area contributed by atoms with Crippen LogP contribution in [0.1, 0.15) is 0 Å². The van der Waals surface area contributed by atoms with E-state index >= 15 is 0 Å². The van der Waals surface area contributed by atoms with E-state index in [9.17, 15) is 8.76 Å². The van der Waals surface area contributed by atoms with Crippen molar-refractivity contribution in [2.75, 3.05) is 0 Å². The molecule has 0 bridgehead atoms. The summed E-state index contributed by atoms with van der Waals surface area (Å²) in [6, 6.07) is 12.1. The van der Waals surface area contributed by atoms with Crippen molar-refractivity contribution in [2.45, 2.75) is 0 Å². The lowest BCUT2D eigenvalue weighted by atomic mass is 10.1. The van der Waals surface area contributed by atoms with E-state index in [4.69, 9.17) is 0 Å². The van der Waals surface area contributed by atoms with Crippen LogP contribution >= 0.6 is 11.3 Å². The van der Waals surface area contributed by atoms with Gasteiger partial charge in [-0.2, -0.15) is 0 Å². The zero-order valence-corrected chi connectivity index (χ0v) is 13.3. The third-order valence-electron chi connectivity index (χ3n) is 2.89. The number of benzene rings is 1. The molecule has 116 valence electrons. The van der Waals surface area contributed by atoms with E-state index in [0.29, 0.717) is 0 Å². The van der Waals surface area contributed by atoms with Crippen LogP contribution in [-0.4, -0.2) is 23.7 Å². The molecule has 6 nitrogen and oxygen atoms in total. The van der Waals surface area contributed by atoms with Gasteiger partial charge in [-0.1, -0.05) is 35.6 Å². The Hall–Kier alpha value is -2.42. The summed E-state index contributed by atoms with van der Waals surface area (Å²) in [5, 5.41) is 4.04. The molecule has 0 spiro atoms. The first-order chi connectivity index (χ1) is 11.2. The first-order valence-electron chi connectivity index (χ1n) is 6.49. The van der Waals surface area contributed by atoms with Crippen LogP contribution in [-0.2, 0) is 11.4 Å². The van der Waals surface area contributed by atoms with E-state index in [1.165, 1.54) is 6.20 Å². The lowest BCUT2D eigenvalue weighted by molar-refractivity contribution is 0.439. The number of aromatic nitrogens is 3. The van der Waals surface area contributed by atoms with Crippen LogP contribution in [0.25, 0.3) is 21.8 Å². The van der Waals surface area contributed by atoms with Crippen LogP contribution in [0.3, 0.4) is 0 Å². The molecular weight excluding hydrogens is 334 g/mol. The van der Waals surface area contributed by atoms with Crippen molar-refractivity contribution in [3.8, 4) is 5.19 Å². The van der Waals surface area contributed by atoms with Crippen LogP contribution in [0.15, 0.2) is 60.4 Å². The van der Waals surface area contributed by atoms with Gasteiger partial charge >= 0.3 is 0 Å². The largest absolute Gasteiger partial charge is 0.740 e. The quantitative estimate of drug-likeness (QED) is 0.410. The van der Waals surface area contributed by atoms with Crippen molar-refractivity contribution in [1.29, 1.82) is 0 Å². The third-order valence-corrected chi connectivity index (χ3v) is 3.94. The highest BCUT2D eigenvalue weighted by atomic mass is 32.2. The molecule has 0 amide bonds. The molecule has 4 rings (SSSR count). The second-order valence-corrected chi connectivity index (χ2v) is 5.73. The SMILES string of the molecule is O=S([O-])Oc1nccs1.c1cnc2c(c1)ccc1cccnc12. The van der Waals surface area contributed by atoms with Gasteiger partial charge in [-0.05, 0) is 12.1 Å². The van der Waals surface area contributed by atoms with Gasteiger partial charge in [-0.15, -0.1) is 0 Å². The van der Waals surface area contributed by atoms with E-state index in [1.54, 1.807) is 17.8 Å². The highest BCUT2D eigenvalue weighted by molar-refractivity contribution is 7.74. The predicted octanol–water partition coefficient (Wildman–Crippen LogP) is 3.10. The molecule has 0 saturated carbocycles. The number of pyridine rings is 2. The second-order valence-electron chi connectivity index (χ2n) is 4.30. The Bertz CT molecular complexity index is 890. The molecule has 23 heavy (non-hydrogen) atoms. The smallest absolute Gasteiger partial charge is 0.287 e. The summed E-state index contributed by atoms with van der Waals surface area (Å²) in [6.07, 6.45) is 5.07. The molecule has 8 heteroatoms. The van der Waals surface area contributed by atoms with Gasteiger partial charge in [-0.25, -0.2) is 9.19 Å². The Morgan fingerprint density at radius 1 is 0.913 bits per heavy atom. The maximum Gasteiger partial charge on any atom is 0.287 e. The van der Waals surface area contributed by atoms with E-state index < -0.39 is 11.4 Å². The zero-order chi connectivity index (χ0) is 16.1. The first-order valence-corrected chi connectivity index (χ1v) is 8.37. The highest BCUT2D eigenvalue weighted by Crippen LogP contribution is 2.20. The number of nitrogens with zero attached hydrogens (tertiary/aromatic N) is 3. The van der Waals surface area contributed by atoms with Crippen LogP contribution in [0.5, 0.6) is 5.19 Å². The van der Waals surface area contributed by atoms with Gasteiger partial charge in [0.25, 0.3) is 5.19 Å². The average molecular weight is 344 g/mol. The standard InChI is InChI=1S/C12H8N2.C3H3NO3S2/c1-3-9-5-6-10-4-2-8-14-12(10)11(9)13-7-1;5-9(6)7-3-4-1-2-8-3/h1-8H;1-2H,(H,5,6)/p-1. The summed E-state index contributed by atoms with van der Waals surface area (Å²) in [5.74, 6) is 0. The Labute approximate surface area is 138 Å². The maximum atomic E-state index is 9.81. The lowest BCUT2D eigenvalue weighted by Gasteiger charge is -2.00. The topological polar surface area (TPSA) is 88.0 Å². The van der Waals surface area contributed by atoms with Crippen molar-refractivity contribution in [1.82, 2.24) is 15.0 Å². The molecule has 3 aromatic heterocycles. The van der Waals surface area contributed by atoms with E-state index in [0.717, 1.165) is 33.1 Å². The van der Waals surface area contributed by atoms with Gasteiger partial charge in [-0.3, -0.25) is 9.97 Å². The minimum atomic E-state index is -2.50. The minimum absolute atomic E-state index is 0.142. The zero-order valence-electron chi connectivity index (χ0n) is 11.7. The third kappa shape index (κ3) is 3.86. The van der Waals surface area contributed by atoms with E-state index in [-0.39, 0.29) is 5.19 Å². The van der Waals surface area contributed by atoms with Gasteiger partial charge in [0.2, 0.25) is 0 Å². The Kier molecular flexibility index (Phi) is 4.86. The van der Waals surface area contributed by atoms with Crippen molar-refractivity contribution < 1.29 is 12.9 Å². The summed E-state index contributed by atoms with van der Waals surface area (Å²) in [4.78, 5) is 12.3. The van der Waals surface area contributed by atoms with E-state index in [1.807, 2.05) is 12.1 Å². The van der Waals surface area contributed by atoms with Crippen LogP contribution in [0.4, 0.5) is 0 Å². The summed E-state index contributed by atoms with van der Waals surface area (Å²) in [7, 11) is 0. The molecule has 4 aromatic rings. The fraction of sp³-hybridized carbons (Fsp3) is 0. The van der Waals surface area contributed by atoms with Crippen LogP contribution in [0.2, 0.25) is 0 Å². The molecule has 0 radical (unpaired) electrons. The summed E-state index contributed by atoms with van der Waals surface area (Å²) in [6.45, 7) is 0. The molecule has 0 aliphatic carbocycles. The molecule has 0 aliphatic heterocycles. The van der Waals surface area contributed by atoms with Crippen molar-refractivity contribution >= 4 is 44.5 Å². The monoisotopic (exact) mass is 344 g/mol. The molecule has 0 aliphatic rings. The molecule has 1 unspecified atom stereocenters. The summed E-state index contributed by atoms with van der Waals surface area (Å²) >= 11 is -1.37. The van der Waals surface area contributed by atoms with Crippen molar-refractivity contribution in [2.24, 2.45) is 0 Å². The summed E-state index contributed by atoms with van der Waals surface area (Å²) < 4.78 is 23.8.